The third-order valence-electron chi connectivity index (χ3n) is 2.68. The van der Waals surface area contributed by atoms with Gasteiger partial charge in [-0.05, 0) is 55.3 Å². The molecule has 0 atom stereocenters. The minimum Gasteiger partial charge on any atom is -0.455 e. The maximum absolute atomic E-state index is 5.86. The molecule has 0 aromatic heterocycles. The van der Waals surface area contributed by atoms with Crippen molar-refractivity contribution in [2.45, 2.75) is 13.8 Å². The monoisotopic (exact) mass is 291 g/mol. The van der Waals surface area contributed by atoms with E-state index >= 15 is 0 Å². The number of ether oxygens (including phenoxy) is 1. The van der Waals surface area contributed by atoms with Crippen LogP contribution in [0.25, 0.3) is 0 Å². The molecule has 0 unspecified atom stereocenters. The van der Waals surface area contributed by atoms with Crippen LogP contribution in [0.2, 0.25) is 0 Å². The van der Waals surface area contributed by atoms with Crippen LogP contribution >= 0.6 is 15.9 Å². The molecule has 0 fully saturated rings. The summed E-state index contributed by atoms with van der Waals surface area (Å²) in [5.74, 6) is 1.47. The second-order valence-electron chi connectivity index (χ2n) is 4.03. The fourth-order valence-electron chi connectivity index (χ4n) is 1.50. The standard InChI is InChI=1S/C14H14BrNO/c1-9-3-5-12(7-10(9)2)17-14-8-11(15)4-6-13(14)16/h3-8H,16H2,1-2H3. The first-order chi connectivity index (χ1) is 8.06. The molecule has 17 heavy (non-hydrogen) atoms. The smallest absolute Gasteiger partial charge is 0.151 e. The summed E-state index contributed by atoms with van der Waals surface area (Å²) < 4.78 is 6.72. The Balaban J connectivity index is 2.31. The van der Waals surface area contributed by atoms with Crippen molar-refractivity contribution >= 4 is 21.6 Å². The number of halogens is 1. The Bertz CT molecular complexity index is 552. The Labute approximate surface area is 110 Å². The lowest BCUT2D eigenvalue weighted by atomic mass is 10.1. The molecule has 0 aliphatic carbocycles. The van der Waals surface area contributed by atoms with Gasteiger partial charge in [-0.1, -0.05) is 22.0 Å². The van der Waals surface area contributed by atoms with Gasteiger partial charge in [0.25, 0.3) is 0 Å². The van der Waals surface area contributed by atoms with Crippen LogP contribution in [0.3, 0.4) is 0 Å². The van der Waals surface area contributed by atoms with E-state index in [9.17, 15) is 0 Å². The number of nitrogen functional groups attached to an aromatic ring is 1. The molecule has 2 N–H and O–H groups in total. The van der Waals surface area contributed by atoms with E-state index < -0.39 is 0 Å². The third-order valence-corrected chi connectivity index (χ3v) is 3.18. The number of nitrogens with two attached hydrogens (primary N) is 1. The Morgan fingerprint density at radius 3 is 2.47 bits per heavy atom. The van der Waals surface area contributed by atoms with Crippen LogP contribution in [0.15, 0.2) is 40.9 Å². The SMILES string of the molecule is Cc1ccc(Oc2cc(Br)ccc2N)cc1C. The van der Waals surface area contributed by atoms with Crippen LogP contribution in [-0.4, -0.2) is 0 Å². The van der Waals surface area contributed by atoms with Gasteiger partial charge in [0.05, 0.1) is 5.69 Å². The third kappa shape index (κ3) is 2.80. The van der Waals surface area contributed by atoms with Gasteiger partial charge in [0.15, 0.2) is 5.75 Å². The average Bonchev–Trinajstić information content (AvgIpc) is 2.29. The van der Waals surface area contributed by atoms with Gasteiger partial charge in [-0.25, -0.2) is 0 Å². The molecule has 2 nitrogen and oxygen atoms in total. The molecule has 2 aromatic carbocycles. The zero-order chi connectivity index (χ0) is 12.4. The highest BCUT2D eigenvalue weighted by atomic mass is 79.9. The van der Waals surface area contributed by atoms with Crippen molar-refractivity contribution in [3.63, 3.8) is 0 Å². The van der Waals surface area contributed by atoms with Gasteiger partial charge < -0.3 is 10.5 Å². The van der Waals surface area contributed by atoms with Crippen molar-refractivity contribution in [2.75, 3.05) is 5.73 Å². The average molecular weight is 292 g/mol. The largest absolute Gasteiger partial charge is 0.455 e. The van der Waals surface area contributed by atoms with Gasteiger partial charge in [0.1, 0.15) is 5.75 Å². The molecule has 0 saturated carbocycles. The van der Waals surface area contributed by atoms with E-state index in [2.05, 4.69) is 29.8 Å². The molecule has 2 aromatic rings. The van der Waals surface area contributed by atoms with Crippen LogP contribution in [0.1, 0.15) is 11.1 Å². The van der Waals surface area contributed by atoms with Gasteiger partial charge in [-0.3, -0.25) is 0 Å². The molecule has 0 amide bonds. The first-order valence-electron chi connectivity index (χ1n) is 5.36. The van der Waals surface area contributed by atoms with Crippen LogP contribution in [0.4, 0.5) is 5.69 Å². The summed E-state index contributed by atoms with van der Waals surface area (Å²) in [5.41, 5.74) is 8.94. The molecular formula is C14H14BrNO. The zero-order valence-corrected chi connectivity index (χ0v) is 11.4. The summed E-state index contributed by atoms with van der Waals surface area (Å²) in [6.45, 7) is 4.14. The summed E-state index contributed by atoms with van der Waals surface area (Å²) in [5, 5.41) is 0. The van der Waals surface area contributed by atoms with Crippen molar-refractivity contribution in [3.8, 4) is 11.5 Å². The normalized spacial score (nSPS) is 10.3. The minimum atomic E-state index is 0.631. The highest BCUT2D eigenvalue weighted by Crippen LogP contribution is 2.30. The van der Waals surface area contributed by atoms with Crippen molar-refractivity contribution in [1.29, 1.82) is 0 Å². The van der Waals surface area contributed by atoms with Gasteiger partial charge in [-0.2, -0.15) is 0 Å². The molecule has 0 radical (unpaired) electrons. The van der Waals surface area contributed by atoms with Crippen LogP contribution < -0.4 is 10.5 Å². The van der Waals surface area contributed by atoms with Crippen molar-refractivity contribution in [1.82, 2.24) is 0 Å². The maximum atomic E-state index is 5.86. The van der Waals surface area contributed by atoms with Crippen molar-refractivity contribution in [3.05, 3.63) is 52.0 Å². The molecule has 0 aliphatic rings. The predicted octanol–water partition coefficient (Wildman–Crippen LogP) is 4.44. The van der Waals surface area contributed by atoms with E-state index in [1.165, 1.54) is 11.1 Å². The number of hydrogen-bond acceptors (Lipinski definition) is 2. The quantitative estimate of drug-likeness (QED) is 0.830. The molecule has 0 aliphatic heterocycles. The number of aryl methyl sites for hydroxylation is 2. The first kappa shape index (κ1) is 12.0. The lowest BCUT2D eigenvalue weighted by Gasteiger charge is -2.10. The lowest BCUT2D eigenvalue weighted by molar-refractivity contribution is 0.484. The van der Waals surface area contributed by atoms with E-state index in [0.29, 0.717) is 11.4 Å². The minimum absolute atomic E-state index is 0.631. The summed E-state index contributed by atoms with van der Waals surface area (Å²) in [6.07, 6.45) is 0. The van der Waals surface area contributed by atoms with Crippen LogP contribution in [0, 0.1) is 13.8 Å². The molecular weight excluding hydrogens is 278 g/mol. The van der Waals surface area contributed by atoms with Gasteiger partial charge in [0, 0.05) is 4.47 Å². The number of anilines is 1. The van der Waals surface area contributed by atoms with Gasteiger partial charge in [-0.15, -0.1) is 0 Å². The number of benzene rings is 2. The van der Waals surface area contributed by atoms with Crippen LogP contribution in [-0.2, 0) is 0 Å². The highest BCUT2D eigenvalue weighted by Gasteiger charge is 2.04. The zero-order valence-electron chi connectivity index (χ0n) is 9.83. The van der Waals surface area contributed by atoms with E-state index in [1.807, 2.05) is 36.4 Å². The maximum Gasteiger partial charge on any atom is 0.151 e. The summed E-state index contributed by atoms with van der Waals surface area (Å²) in [6, 6.07) is 11.6. The first-order valence-corrected chi connectivity index (χ1v) is 6.15. The number of hydrogen-bond donors (Lipinski definition) is 1. The lowest BCUT2D eigenvalue weighted by Crippen LogP contribution is -1.92. The molecule has 0 saturated heterocycles. The second kappa shape index (κ2) is 4.80. The summed E-state index contributed by atoms with van der Waals surface area (Å²) in [7, 11) is 0. The topological polar surface area (TPSA) is 35.2 Å². The Kier molecular flexibility index (Phi) is 3.38. The Hall–Kier alpha value is -1.48. The molecule has 88 valence electrons. The van der Waals surface area contributed by atoms with E-state index in [4.69, 9.17) is 10.5 Å². The fourth-order valence-corrected chi connectivity index (χ4v) is 1.84. The molecule has 0 bridgehead atoms. The van der Waals surface area contributed by atoms with Crippen LogP contribution in [0.5, 0.6) is 11.5 Å². The van der Waals surface area contributed by atoms with E-state index in [1.54, 1.807) is 0 Å². The van der Waals surface area contributed by atoms with Gasteiger partial charge in [0.2, 0.25) is 0 Å². The van der Waals surface area contributed by atoms with Gasteiger partial charge >= 0.3 is 0 Å². The molecule has 0 heterocycles. The summed E-state index contributed by atoms with van der Waals surface area (Å²) >= 11 is 3.40. The summed E-state index contributed by atoms with van der Waals surface area (Å²) in [4.78, 5) is 0. The second-order valence-corrected chi connectivity index (χ2v) is 4.95. The molecule has 0 spiro atoms. The Morgan fingerprint density at radius 1 is 1.00 bits per heavy atom. The molecule has 2 rings (SSSR count). The highest BCUT2D eigenvalue weighted by molar-refractivity contribution is 9.10. The van der Waals surface area contributed by atoms with E-state index in [0.717, 1.165) is 10.2 Å². The number of rotatable bonds is 2. The molecule has 3 heteroatoms. The van der Waals surface area contributed by atoms with Crippen molar-refractivity contribution < 1.29 is 4.74 Å². The van der Waals surface area contributed by atoms with Crippen molar-refractivity contribution in [2.24, 2.45) is 0 Å². The fraction of sp³-hybridized carbons (Fsp3) is 0.143. The van der Waals surface area contributed by atoms with E-state index in [-0.39, 0.29) is 0 Å². The Morgan fingerprint density at radius 2 is 1.76 bits per heavy atom. The predicted molar refractivity (Wildman–Crippen MR) is 74.5 cm³/mol.